The molecule has 0 saturated heterocycles. The third-order valence-corrected chi connectivity index (χ3v) is 7.09. The molecule has 0 aliphatic carbocycles. The van der Waals surface area contributed by atoms with E-state index in [1.54, 1.807) is 24.3 Å². The van der Waals surface area contributed by atoms with E-state index in [9.17, 15) is 22.8 Å². The lowest BCUT2D eigenvalue weighted by Gasteiger charge is -2.10. The largest absolute Gasteiger partial charge is 0.322 e. The number of amides is 2. The lowest BCUT2D eigenvalue weighted by atomic mass is 10.2. The van der Waals surface area contributed by atoms with Crippen molar-refractivity contribution in [3.05, 3.63) is 84.7 Å². The van der Waals surface area contributed by atoms with Gasteiger partial charge in [0.1, 0.15) is 6.54 Å². The third-order valence-electron chi connectivity index (χ3n) is 4.63. The zero-order valence-electron chi connectivity index (χ0n) is 18.4. The summed E-state index contributed by atoms with van der Waals surface area (Å²) in [6.45, 7) is 1.83. The highest BCUT2D eigenvalue weighted by Gasteiger charge is 2.17. The minimum absolute atomic E-state index is 0.0377. The molecule has 176 valence electrons. The van der Waals surface area contributed by atoms with E-state index >= 15 is 0 Å². The number of rotatable bonds is 9. The monoisotopic (exact) mass is 498 g/mol. The highest BCUT2D eigenvalue weighted by Crippen LogP contribution is 2.26. The van der Waals surface area contributed by atoms with Gasteiger partial charge in [-0.1, -0.05) is 30.0 Å². The quantitative estimate of drug-likeness (QED) is 0.346. The molecule has 0 radical (unpaired) electrons. The maximum atomic E-state index is 12.8. The molecule has 2 aromatic carbocycles. The fourth-order valence-electron chi connectivity index (χ4n) is 3.07. The second-order valence-corrected chi connectivity index (χ2v) is 10.1. The molecule has 0 fully saturated rings. The van der Waals surface area contributed by atoms with Crippen LogP contribution < -0.4 is 14.6 Å². The van der Waals surface area contributed by atoms with E-state index in [1.807, 2.05) is 39.9 Å². The van der Waals surface area contributed by atoms with Crippen LogP contribution in [0.5, 0.6) is 0 Å². The molecule has 0 aliphatic heterocycles. The predicted octanol–water partition coefficient (Wildman–Crippen LogP) is 3.15. The Morgan fingerprint density at radius 3 is 2.26 bits per heavy atom. The van der Waals surface area contributed by atoms with Gasteiger partial charge in [-0.3, -0.25) is 14.4 Å². The number of benzene rings is 2. The van der Waals surface area contributed by atoms with E-state index in [-0.39, 0.29) is 10.0 Å². The van der Waals surface area contributed by atoms with Crippen molar-refractivity contribution in [3.63, 3.8) is 0 Å². The fraction of sp³-hybridized carbons (Fsp3) is 0.167. The molecular formula is C24H24N3O5S2+. The summed E-state index contributed by atoms with van der Waals surface area (Å²) in [5.41, 5.74) is 0.714. The zero-order valence-corrected chi connectivity index (χ0v) is 20.1. The normalized spacial score (nSPS) is 11.0. The Labute approximate surface area is 202 Å². The predicted molar refractivity (Wildman–Crippen MR) is 129 cm³/mol. The van der Waals surface area contributed by atoms with Gasteiger partial charge in [-0.15, -0.1) is 0 Å². The Hall–Kier alpha value is -3.50. The standard InChI is InChI=1S/C24H23N3O5S2/c1-18(28)26-34(31,32)20-13-11-19(12-14-20)25-24(30)21-8-3-4-9-22(21)33-23(29)10-7-17-27-15-5-2-6-16-27/h2-6,8-9,11-16H,7,10,17H2,1H3,(H-,25,26,28,30)/p+1. The van der Waals surface area contributed by atoms with Crippen molar-refractivity contribution >= 4 is 44.4 Å². The van der Waals surface area contributed by atoms with Crippen molar-refractivity contribution in [2.45, 2.75) is 36.1 Å². The second-order valence-electron chi connectivity index (χ2n) is 7.33. The summed E-state index contributed by atoms with van der Waals surface area (Å²) in [7, 11) is -3.96. The molecule has 10 heteroatoms. The van der Waals surface area contributed by atoms with Crippen LogP contribution in [0.4, 0.5) is 5.69 Å². The molecule has 2 N–H and O–H groups in total. The van der Waals surface area contributed by atoms with Crippen molar-refractivity contribution in [2.24, 2.45) is 0 Å². The molecule has 0 atom stereocenters. The van der Waals surface area contributed by atoms with Crippen LogP contribution in [0.1, 0.15) is 30.1 Å². The molecular weight excluding hydrogens is 474 g/mol. The second kappa shape index (κ2) is 11.6. The van der Waals surface area contributed by atoms with Gasteiger partial charge in [-0.2, -0.15) is 0 Å². The summed E-state index contributed by atoms with van der Waals surface area (Å²) >= 11 is 1.03. The van der Waals surface area contributed by atoms with Crippen molar-refractivity contribution < 1.29 is 27.4 Å². The van der Waals surface area contributed by atoms with E-state index in [1.165, 1.54) is 24.3 Å². The Balaban J connectivity index is 1.61. The Bertz CT molecular complexity index is 1280. The molecule has 0 bridgehead atoms. The molecule has 3 aromatic rings. The van der Waals surface area contributed by atoms with Crippen molar-refractivity contribution in [3.8, 4) is 0 Å². The fourth-order valence-corrected chi connectivity index (χ4v) is 4.97. The van der Waals surface area contributed by atoms with E-state index in [2.05, 4.69) is 5.32 Å². The zero-order chi connectivity index (χ0) is 24.6. The number of carbonyl (C=O) groups is 3. The summed E-state index contributed by atoms with van der Waals surface area (Å²) in [6.07, 6.45) is 4.94. The first-order valence-corrected chi connectivity index (χ1v) is 12.7. The van der Waals surface area contributed by atoms with Crippen LogP contribution in [0.15, 0.2) is 88.9 Å². The third kappa shape index (κ3) is 7.26. The Kier molecular flexibility index (Phi) is 8.55. The summed E-state index contributed by atoms with van der Waals surface area (Å²) in [5, 5.41) is 2.67. The van der Waals surface area contributed by atoms with E-state index < -0.39 is 21.8 Å². The summed E-state index contributed by atoms with van der Waals surface area (Å²) in [4.78, 5) is 36.8. The lowest BCUT2D eigenvalue weighted by molar-refractivity contribution is -0.697. The smallest absolute Gasteiger partial charge is 0.264 e. The van der Waals surface area contributed by atoms with Crippen molar-refractivity contribution in [2.75, 3.05) is 5.32 Å². The average Bonchev–Trinajstić information content (AvgIpc) is 2.79. The maximum absolute atomic E-state index is 12.8. The van der Waals surface area contributed by atoms with Crippen LogP contribution >= 0.6 is 11.8 Å². The van der Waals surface area contributed by atoms with Crippen molar-refractivity contribution in [1.29, 1.82) is 0 Å². The average molecular weight is 499 g/mol. The van der Waals surface area contributed by atoms with E-state index in [4.69, 9.17) is 0 Å². The molecule has 34 heavy (non-hydrogen) atoms. The highest BCUT2D eigenvalue weighted by molar-refractivity contribution is 8.13. The SMILES string of the molecule is CC(=O)NS(=O)(=O)c1ccc(NC(=O)c2ccccc2SC(=O)CCC[n+]2ccccc2)cc1. The number of thioether (sulfide) groups is 1. The van der Waals surface area contributed by atoms with E-state index in [0.29, 0.717) is 29.0 Å². The summed E-state index contributed by atoms with van der Waals surface area (Å²) in [6, 6.07) is 18.0. The molecule has 1 heterocycles. The van der Waals surface area contributed by atoms with Gasteiger partial charge in [-0.25, -0.2) is 17.7 Å². The number of aryl methyl sites for hydroxylation is 1. The molecule has 1 aromatic heterocycles. The topological polar surface area (TPSA) is 113 Å². The number of pyridine rings is 1. The number of sulfonamides is 1. The summed E-state index contributed by atoms with van der Waals surface area (Å²) in [5.74, 6) is -1.12. The van der Waals surface area contributed by atoms with Crippen LogP contribution in [0.3, 0.4) is 0 Å². The van der Waals surface area contributed by atoms with Gasteiger partial charge in [-0.05, 0) is 36.4 Å². The minimum atomic E-state index is -3.96. The molecule has 8 nitrogen and oxygen atoms in total. The number of hydrogen-bond donors (Lipinski definition) is 2. The first-order valence-electron chi connectivity index (χ1n) is 10.4. The van der Waals surface area contributed by atoms with Gasteiger partial charge in [0.2, 0.25) is 5.91 Å². The van der Waals surface area contributed by atoms with Gasteiger partial charge >= 0.3 is 0 Å². The number of hydrogen-bond acceptors (Lipinski definition) is 6. The van der Waals surface area contributed by atoms with Gasteiger partial charge < -0.3 is 5.32 Å². The lowest BCUT2D eigenvalue weighted by Crippen LogP contribution is -2.32. The molecule has 0 aliphatic rings. The number of nitrogens with zero attached hydrogens (tertiary/aromatic N) is 1. The molecule has 0 saturated carbocycles. The maximum Gasteiger partial charge on any atom is 0.264 e. The first kappa shape index (κ1) is 25.1. The van der Waals surface area contributed by atoms with Gasteiger partial charge in [0, 0.05) is 42.5 Å². The first-order chi connectivity index (χ1) is 16.2. The number of carbonyl (C=O) groups excluding carboxylic acids is 3. The molecule has 3 rings (SSSR count). The number of anilines is 1. The number of aromatic nitrogens is 1. The van der Waals surface area contributed by atoms with Crippen LogP contribution in [-0.2, 0) is 26.2 Å². The molecule has 0 spiro atoms. The molecule has 0 unspecified atom stereocenters. The summed E-state index contributed by atoms with van der Waals surface area (Å²) < 4.78 is 28.0. The Morgan fingerprint density at radius 1 is 0.912 bits per heavy atom. The van der Waals surface area contributed by atoms with Crippen LogP contribution in [0.2, 0.25) is 0 Å². The van der Waals surface area contributed by atoms with Crippen LogP contribution in [-0.4, -0.2) is 25.3 Å². The van der Waals surface area contributed by atoms with Gasteiger partial charge in [0.25, 0.3) is 15.9 Å². The van der Waals surface area contributed by atoms with Crippen LogP contribution in [0, 0.1) is 0 Å². The van der Waals surface area contributed by atoms with Crippen molar-refractivity contribution in [1.82, 2.24) is 4.72 Å². The molecule has 2 amide bonds. The number of nitrogens with one attached hydrogen (secondary N) is 2. The minimum Gasteiger partial charge on any atom is -0.322 e. The highest BCUT2D eigenvalue weighted by atomic mass is 32.2. The Morgan fingerprint density at radius 2 is 1.59 bits per heavy atom. The van der Waals surface area contributed by atoms with Crippen LogP contribution in [0.25, 0.3) is 0 Å². The van der Waals surface area contributed by atoms with E-state index in [0.717, 1.165) is 25.2 Å². The van der Waals surface area contributed by atoms with Gasteiger partial charge in [0.05, 0.1) is 10.5 Å². The van der Waals surface area contributed by atoms with Gasteiger partial charge in [0.15, 0.2) is 17.5 Å².